The summed E-state index contributed by atoms with van der Waals surface area (Å²) in [5.74, 6) is -0.298. The van der Waals surface area contributed by atoms with Crippen LogP contribution >= 0.6 is 0 Å². The van der Waals surface area contributed by atoms with E-state index in [9.17, 15) is 4.39 Å². The molecule has 0 amide bonds. The normalized spacial score (nSPS) is 10.9. The highest BCUT2D eigenvalue weighted by Crippen LogP contribution is 1.99. The van der Waals surface area contributed by atoms with Crippen molar-refractivity contribution in [3.8, 4) is 0 Å². The van der Waals surface area contributed by atoms with Crippen LogP contribution in [0.15, 0.2) is 18.5 Å². The Kier molecular flexibility index (Phi) is 5.21. The van der Waals surface area contributed by atoms with Gasteiger partial charge in [0.15, 0.2) is 0 Å². The number of rotatable bonds is 6. The topological polar surface area (TPSA) is 34.1 Å². The van der Waals surface area contributed by atoms with Gasteiger partial charge in [0.05, 0.1) is 18.9 Å². The fourth-order valence-electron chi connectivity index (χ4n) is 1.15. The van der Waals surface area contributed by atoms with Crippen LogP contribution in [-0.4, -0.2) is 24.2 Å². The Morgan fingerprint density at radius 1 is 1.47 bits per heavy atom. The molecule has 0 bridgehead atoms. The van der Waals surface area contributed by atoms with Crippen LogP contribution in [0.1, 0.15) is 19.4 Å². The molecule has 0 fully saturated rings. The maximum absolute atomic E-state index is 12.7. The number of nitrogens with zero attached hydrogens (tertiary/aromatic N) is 1. The Balaban J connectivity index is 2.15. The van der Waals surface area contributed by atoms with E-state index in [2.05, 4.69) is 10.3 Å². The summed E-state index contributed by atoms with van der Waals surface area (Å²) in [6, 6.07) is 1.48. The maximum atomic E-state index is 12.7. The van der Waals surface area contributed by atoms with Crippen LogP contribution in [0.25, 0.3) is 0 Å². The van der Waals surface area contributed by atoms with Crippen LogP contribution in [0.2, 0.25) is 0 Å². The second-order valence-corrected chi connectivity index (χ2v) is 3.61. The molecule has 0 radical (unpaired) electrons. The lowest BCUT2D eigenvalue weighted by Crippen LogP contribution is -2.21. The Morgan fingerprint density at radius 2 is 2.27 bits per heavy atom. The third-order valence-corrected chi connectivity index (χ3v) is 1.82. The Bertz CT molecular complexity index is 292. The molecule has 0 saturated carbocycles. The molecule has 1 rings (SSSR count). The van der Waals surface area contributed by atoms with Crippen molar-refractivity contribution >= 4 is 0 Å². The third-order valence-electron chi connectivity index (χ3n) is 1.82. The fourth-order valence-corrected chi connectivity index (χ4v) is 1.15. The van der Waals surface area contributed by atoms with E-state index in [0.717, 1.165) is 12.1 Å². The summed E-state index contributed by atoms with van der Waals surface area (Å²) in [5.41, 5.74) is 0.847. The predicted molar refractivity (Wildman–Crippen MR) is 57.0 cm³/mol. The molecule has 1 N–H and O–H groups in total. The first-order valence-corrected chi connectivity index (χ1v) is 5.10. The van der Waals surface area contributed by atoms with Gasteiger partial charge in [-0.15, -0.1) is 0 Å². The van der Waals surface area contributed by atoms with E-state index in [1.807, 2.05) is 13.8 Å². The van der Waals surface area contributed by atoms with Gasteiger partial charge in [-0.1, -0.05) is 0 Å². The number of aromatic nitrogens is 1. The molecule has 84 valence electrons. The van der Waals surface area contributed by atoms with Crippen molar-refractivity contribution in [3.63, 3.8) is 0 Å². The molecule has 0 spiro atoms. The molecular weight excluding hydrogens is 195 g/mol. The number of halogens is 1. The molecule has 3 nitrogen and oxygen atoms in total. The van der Waals surface area contributed by atoms with E-state index in [-0.39, 0.29) is 11.9 Å². The van der Waals surface area contributed by atoms with Crippen molar-refractivity contribution in [1.29, 1.82) is 0 Å². The smallest absolute Gasteiger partial charge is 0.141 e. The van der Waals surface area contributed by atoms with Crippen LogP contribution in [0.4, 0.5) is 4.39 Å². The van der Waals surface area contributed by atoms with Crippen molar-refractivity contribution in [2.24, 2.45) is 0 Å². The van der Waals surface area contributed by atoms with Crippen LogP contribution in [0.3, 0.4) is 0 Å². The molecule has 1 heterocycles. The second kappa shape index (κ2) is 6.48. The summed E-state index contributed by atoms with van der Waals surface area (Å²) in [6.45, 7) is 6.04. The molecule has 4 heteroatoms. The highest BCUT2D eigenvalue weighted by Gasteiger charge is 1.96. The molecular formula is C11H17FN2O. The zero-order valence-corrected chi connectivity index (χ0v) is 9.16. The van der Waals surface area contributed by atoms with Crippen LogP contribution in [-0.2, 0) is 11.3 Å². The highest BCUT2D eigenvalue weighted by atomic mass is 19.1. The van der Waals surface area contributed by atoms with Crippen molar-refractivity contribution in [2.75, 3.05) is 13.2 Å². The average molecular weight is 212 g/mol. The van der Waals surface area contributed by atoms with Crippen LogP contribution in [0, 0.1) is 5.82 Å². The Hall–Kier alpha value is -1.00. The van der Waals surface area contributed by atoms with Crippen molar-refractivity contribution in [3.05, 3.63) is 29.8 Å². The predicted octanol–water partition coefficient (Wildman–Crippen LogP) is 1.74. The lowest BCUT2D eigenvalue weighted by atomic mass is 10.3. The minimum atomic E-state index is -0.298. The SMILES string of the molecule is CC(C)OCCNCc1cncc(F)c1. The molecule has 1 aromatic heterocycles. The Labute approximate surface area is 89.7 Å². The summed E-state index contributed by atoms with van der Waals surface area (Å²) >= 11 is 0. The summed E-state index contributed by atoms with van der Waals surface area (Å²) in [5, 5.41) is 3.15. The molecule has 0 aliphatic carbocycles. The summed E-state index contributed by atoms with van der Waals surface area (Å²) in [7, 11) is 0. The van der Waals surface area contributed by atoms with Gasteiger partial charge in [-0.25, -0.2) is 4.39 Å². The van der Waals surface area contributed by atoms with Crippen LogP contribution in [0.5, 0.6) is 0 Å². The lowest BCUT2D eigenvalue weighted by Gasteiger charge is -2.08. The first kappa shape index (κ1) is 12.1. The zero-order chi connectivity index (χ0) is 11.1. The highest BCUT2D eigenvalue weighted by molar-refractivity contribution is 5.09. The van der Waals surface area contributed by atoms with Gasteiger partial charge >= 0.3 is 0 Å². The number of ether oxygens (including phenoxy) is 1. The first-order chi connectivity index (χ1) is 7.18. The summed E-state index contributed by atoms with van der Waals surface area (Å²) < 4.78 is 18.1. The standard InChI is InChI=1S/C11H17FN2O/c1-9(2)15-4-3-13-6-10-5-11(12)8-14-7-10/h5,7-9,13H,3-4,6H2,1-2H3. The summed E-state index contributed by atoms with van der Waals surface area (Å²) in [6.07, 6.45) is 3.10. The largest absolute Gasteiger partial charge is 0.377 e. The van der Waals surface area contributed by atoms with Gasteiger partial charge in [-0.3, -0.25) is 4.98 Å². The number of pyridine rings is 1. The molecule has 0 aliphatic heterocycles. The third kappa shape index (κ3) is 5.44. The molecule has 0 saturated heterocycles. The summed E-state index contributed by atoms with van der Waals surface area (Å²) in [4.78, 5) is 3.77. The minimum Gasteiger partial charge on any atom is -0.377 e. The number of hydrogen-bond donors (Lipinski definition) is 1. The van der Waals surface area contributed by atoms with Crippen molar-refractivity contribution in [1.82, 2.24) is 10.3 Å². The van der Waals surface area contributed by atoms with Crippen LogP contribution < -0.4 is 5.32 Å². The van der Waals surface area contributed by atoms with Gasteiger partial charge in [0, 0.05) is 19.3 Å². The molecule has 0 aromatic carbocycles. The van der Waals surface area contributed by atoms with E-state index in [0.29, 0.717) is 13.2 Å². The van der Waals surface area contributed by atoms with Crippen molar-refractivity contribution in [2.45, 2.75) is 26.5 Å². The van der Waals surface area contributed by atoms with E-state index in [4.69, 9.17) is 4.74 Å². The molecule has 15 heavy (non-hydrogen) atoms. The van der Waals surface area contributed by atoms with E-state index < -0.39 is 0 Å². The van der Waals surface area contributed by atoms with Gasteiger partial charge in [0.1, 0.15) is 5.82 Å². The van der Waals surface area contributed by atoms with E-state index >= 15 is 0 Å². The van der Waals surface area contributed by atoms with Gasteiger partial charge in [0.2, 0.25) is 0 Å². The van der Waals surface area contributed by atoms with Gasteiger partial charge in [-0.2, -0.15) is 0 Å². The quantitative estimate of drug-likeness (QED) is 0.729. The fraction of sp³-hybridized carbons (Fsp3) is 0.545. The Morgan fingerprint density at radius 3 is 2.93 bits per heavy atom. The molecule has 1 aromatic rings. The maximum Gasteiger partial charge on any atom is 0.141 e. The van der Waals surface area contributed by atoms with E-state index in [1.54, 1.807) is 6.20 Å². The lowest BCUT2D eigenvalue weighted by molar-refractivity contribution is 0.0807. The molecule has 0 aliphatic rings. The molecule has 0 unspecified atom stereocenters. The van der Waals surface area contributed by atoms with Gasteiger partial charge in [-0.05, 0) is 25.5 Å². The second-order valence-electron chi connectivity index (χ2n) is 3.61. The van der Waals surface area contributed by atoms with Crippen molar-refractivity contribution < 1.29 is 9.13 Å². The first-order valence-electron chi connectivity index (χ1n) is 5.10. The zero-order valence-electron chi connectivity index (χ0n) is 9.16. The van der Waals surface area contributed by atoms with E-state index in [1.165, 1.54) is 12.3 Å². The minimum absolute atomic E-state index is 0.252. The monoisotopic (exact) mass is 212 g/mol. The number of nitrogens with one attached hydrogen (secondary N) is 1. The average Bonchev–Trinajstić information content (AvgIpc) is 2.17. The number of hydrogen-bond acceptors (Lipinski definition) is 3. The van der Waals surface area contributed by atoms with Gasteiger partial charge in [0.25, 0.3) is 0 Å². The molecule has 0 atom stereocenters. The van der Waals surface area contributed by atoms with Gasteiger partial charge < -0.3 is 10.1 Å².